The molecule has 0 nitrogen and oxygen atoms in total. The van der Waals surface area contributed by atoms with Gasteiger partial charge < -0.3 is 0 Å². The van der Waals surface area contributed by atoms with Crippen molar-refractivity contribution in [3.63, 3.8) is 0 Å². The number of hydrogen-bond acceptors (Lipinski definition) is 0. The number of rotatable bonds is 4. The average Bonchev–Trinajstić information content (AvgIpc) is 2.46. The van der Waals surface area contributed by atoms with Gasteiger partial charge in [-0.15, -0.1) is 0 Å². The lowest BCUT2D eigenvalue weighted by Gasteiger charge is -2.12. The lowest BCUT2D eigenvalue weighted by atomic mass is 9.93. The highest BCUT2D eigenvalue weighted by atomic mass is 14.1. The molecule has 0 aliphatic rings. The van der Waals surface area contributed by atoms with Gasteiger partial charge in [-0.2, -0.15) is 0 Å². The van der Waals surface area contributed by atoms with Gasteiger partial charge in [0.05, 0.1) is 0 Å². The summed E-state index contributed by atoms with van der Waals surface area (Å²) in [4.78, 5) is 0. The third-order valence-corrected chi connectivity index (χ3v) is 3.09. The Morgan fingerprint density at radius 3 is 1.83 bits per heavy atom. The third kappa shape index (κ3) is 2.60. The van der Waals surface area contributed by atoms with Gasteiger partial charge in [-0.05, 0) is 28.7 Å². The maximum absolute atomic E-state index is 3.97. The average molecular weight is 234 g/mol. The lowest BCUT2D eigenvalue weighted by Crippen LogP contribution is -1.89. The van der Waals surface area contributed by atoms with Gasteiger partial charge in [0, 0.05) is 0 Å². The molecule has 0 atom stereocenters. The second kappa shape index (κ2) is 6.02. The van der Waals surface area contributed by atoms with Crippen molar-refractivity contribution in [1.82, 2.24) is 0 Å². The van der Waals surface area contributed by atoms with Crippen molar-refractivity contribution in [3.8, 4) is 0 Å². The summed E-state index contributed by atoms with van der Waals surface area (Å²) in [7, 11) is 0. The first-order valence-electron chi connectivity index (χ1n) is 6.33. The Morgan fingerprint density at radius 2 is 1.39 bits per heavy atom. The summed E-state index contributed by atoms with van der Waals surface area (Å²) in [6.45, 7) is 6.16. The molecule has 0 radical (unpaired) electrons. The van der Waals surface area contributed by atoms with E-state index in [4.69, 9.17) is 0 Å². The minimum Gasteiger partial charge on any atom is -0.0984 e. The Bertz CT molecular complexity index is 533. The van der Waals surface area contributed by atoms with Crippen LogP contribution in [0.25, 0.3) is 11.1 Å². The number of hydrogen-bond donors (Lipinski definition) is 0. The first kappa shape index (κ1) is 12.4. The topological polar surface area (TPSA) is 0 Å². The van der Waals surface area contributed by atoms with E-state index in [0.29, 0.717) is 0 Å². The fourth-order valence-corrected chi connectivity index (χ4v) is 2.22. The molecule has 0 saturated carbocycles. The van der Waals surface area contributed by atoms with Crippen LogP contribution in [-0.4, -0.2) is 0 Å². The Morgan fingerprint density at radius 1 is 0.889 bits per heavy atom. The van der Waals surface area contributed by atoms with Crippen molar-refractivity contribution in [1.29, 1.82) is 0 Å². The monoisotopic (exact) mass is 234 g/mol. The first-order valence-corrected chi connectivity index (χ1v) is 6.33. The second-order valence-electron chi connectivity index (χ2n) is 4.18. The molecule has 2 rings (SSSR count). The van der Waals surface area contributed by atoms with Crippen molar-refractivity contribution in [2.75, 3.05) is 0 Å². The van der Waals surface area contributed by atoms with Crippen molar-refractivity contribution in [2.45, 2.75) is 13.3 Å². The predicted molar refractivity (Wildman–Crippen MR) is 80.2 cm³/mol. The fraction of sp³-hybridized carbons (Fsp3) is 0.111. The van der Waals surface area contributed by atoms with E-state index in [9.17, 15) is 0 Å². The predicted octanol–water partition coefficient (Wildman–Crippen LogP) is 5.19. The number of benzene rings is 2. The van der Waals surface area contributed by atoms with Crippen LogP contribution in [0.3, 0.4) is 0 Å². The minimum absolute atomic E-state index is 1.00. The maximum Gasteiger partial charge on any atom is -0.0152 e. The largest absolute Gasteiger partial charge is 0.0984 e. The quantitative estimate of drug-likeness (QED) is 0.504. The van der Waals surface area contributed by atoms with E-state index >= 15 is 0 Å². The molecule has 0 bridgehead atoms. The van der Waals surface area contributed by atoms with E-state index in [1.165, 1.54) is 22.3 Å². The first-order chi connectivity index (χ1) is 8.86. The molecular formula is C18H18. The Kier molecular flexibility index (Phi) is 4.14. The molecule has 2 aromatic carbocycles. The molecule has 0 amide bonds. The van der Waals surface area contributed by atoms with Gasteiger partial charge in [0.2, 0.25) is 0 Å². The molecule has 0 aliphatic heterocycles. The Labute approximate surface area is 109 Å². The van der Waals surface area contributed by atoms with Crippen LogP contribution in [0.2, 0.25) is 0 Å². The molecule has 0 heteroatoms. The zero-order valence-corrected chi connectivity index (χ0v) is 10.8. The van der Waals surface area contributed by atoms with Gasteiger partial charge in [0.25, 0.3) is 0 Å². The van der Waals surface area contributed by atoms with Gasteiger partial charge >= 0.3 is 0 Å². The molecule has 0 fully saturated rings. The summed E-state index contributed by atoms with van der Waals surface area (Å²) in [6, 6.07) is 21.0. The van der Waals surface area contributed by atoms with E-state index in [-0.39, 0.29) is 0 Å². The number of allylic oxidation sites excluding steroid dienone is 3. The van der Waals surface area contributed by atoms with E-state index < -0.39 is 0 Å². The van der Waals surface area contributed by atoms with Crippen LogP contribution in [0.4, 0.5) is 0 Å². The van der Waals surface area contributed by atoms with Crippen molar-refractivity contribution in [3.05, 3.63) is 84.4 Å². The van der Waals surface area contributed by atoms with Crippen molar-refractivity contribution >= 4 is 11.1 Å². The fourth-order valence-electron chi connectivity index (χ4n) is 2.22. The standard InChI is InChI=1S/C18H18/c1-3-17(15-11-7-5-8-12-15)18(4-2)16-13-9-6-10-14-16/h3,5-14H,1,4H2,2H3. The molecule has 18 heavy (non-hydrogen) atoms. The Hall–Kier alpha value is -2.08. The molecule has 0 aromatic heterocycles. The SMILES string of the molecule is C=CC(=C(CC)c1ccccc1)c1ccccc1. The van der Waals surface area contributed by atoms with Crippen LogP contribution in [0.5, 0.6) is 0 Å². The summed E-state index contributed by atoms with van der Waals surface area (Å²) in [5.41, 5.74) is 5.08. The van der Waals surface area contributed by atoms with Crippen LogP contribution in [0.1, 0.15) is 24.5 Å². The molecule has 2 aromatic rings. The van der Waals surface area contributed by atoms with Crippen molar-refractivity contribution < 1.29 is 0 Å². The van der Waals surface area contributed by atoms with Gasteiger partial charge in [0.15, 0.2) is 0 Å². The molecule has 0 unspecified atom stereocenters. The second-order valence-corrected chi connectivity index (χ2v) is 4.18. The van der Waals surface area contributed by atoms with Crippen LogP contribution in [-0.2, 0) is 0 Å². The third-order valence-electron chi connectivity index (χ3n) is 3.09. The highest BCUT2D eigenvalue weighted by molar-refractivity contribution is 5.95. The summed E-state index contributed by atoms with van der Waals surface area (Å²) in [5, 5.41) is 0. The highest BCUT2D eigenvalue weighted by Crippen LogP contribution is 2.29. The minimum atomic E-state index is 1.00. The summed E-state index contributed by atoms with van der Waals surface area (Å²) < 4.78 is 0. The molecular weight excluding hydrogens is 216 g/mol. The van der Waals surface area contributed by atoms with Gasteiger partial charge in [-0.3, -0.25) is 0 Å². The molecule has 0 N–H and O–H groups in total. The molecule has 0 saturated heterocycles. The molecule has 0 spiro atoms. The van der Waals surface area contributed by atoms with E-state index in [1.54, 1.807) is 0 Å². The van der Waals surface area contributed by atoms with Gasteiger partial charge in [-0.1, -0.05) is 80.2 Å². The maximum atomic E-state index is 3.97. The van der Waals surface area contributed by atoms with Crippen LogP contribution >= 0.6 is 0 Å². The van der Waals surface area contributed by atoms with Crippen LogP contribution < -0.4 is 0 Å². The highest BCUT2D eigenvalue weighted by Gasteiger charge is 2.06. The van der Waals surface area contributed by atoms with E-state index in [1.807, 2.05) is 18.2 Å². The molecule has 0 heterocycles. The summed E-state index contributed by atoms with van der Waals surface area (Å²) in [5.74, 6) is 0. The zero-order chi connectivity index (χ0) is 12.8. The van der Waals surface area contributed by atoms with Gasteiger partial charge in [-0.25, -0.2) is 0 Å². The lowest BCUT2D eigenvalue weighted by molar-refractivity contribution is 1.24. The van der Waals surface area contributed by atoms with Crippen LogP contribution in [0, 0.1) is 0 Å². The summed E-state index contributed by atoms with van der Waals surface area (Å²) >= 11 is 0. The van der Waals surface area contributed by atoms with E-state index in [0.717, 1.165) is 6.42 Å². The van der Waals surface area contributed by atoms with Gasteiger partial charge in [0.1, 0.15) is 0 Å². The van der Waals surface area contributed by atoms with E-state index in [2.05, 4.69) is 62.0 Å². The van der Waals surface area contributed by atoms with Crippen LogP contribution in [0.15, 0.2) is 73.3 Å². The Balaban J connectivity index is 2.57. The van der Waals surface area contributed by atoms with Crippen molar-refractivity contribution in [2.24, 2.45) is 0 Å². The summed E-state index contributed by atoms with van der Waals surface area (Å²) in [6.07, 6.45) is 2.96. The molecule has 90 valence electrons. The molecule has 0 aliphatic carbocycles. The zero-order valence-electron chi connectivity index (χ0n) is 10.8. The smallest absolute Gasteiger partial charge is 0.0152 e. The normalized spacial score (nSPS) is 11.8.